The summed E-state index contributed by atoms with van der Waals surface area (Å²) in [6.07, 6.45) is 2.14. The third kappa shape index (κ3) is 6.40. The van der Waals surface area contributed by atoms with Gasteiger partial charge in [0.2, 0.25) is 5.91 Å². The van der Waals surface area contributed by atoms with Crippen LogP contribution in [0.15, 0.2) is 47.5 Å². The maximum absolute atomic E-state index is 11.4. The Labute approximate surface area is 177 Å². The van der Waals surface area contributed by atoms with E-state index in [1.54, 1.807) is 7.11 Å². The largest absolute Gasteiger partial charge is 0.497 e. The number of rotatable bonds is 9. The molecule has 0 fully saturated rings. The average Bonchev–Trinajstić information content (AvgIpc) is 2.77. The first-order chi connectivity index (χ1) is 14.7. The number of fused-ring (bicyclic) bond motifs is 1. The van der Waals surface area contributed by atoms with Gasteiger partial charge in [-0.15, -0.1) is 0 Å². The highest BCUT2D eigenvalue weighted by Gasteiger charge is 2.14. The number of ether oxygens (including phenoxy) is 2. The Kier molecular flexibility index (Phi) is 7.94. The van der Waals surface area contributed by atoms with Gasteiger partial charge in [0, 0.05) is 25.2 Å². The van der Waals surface area contributed by atoms with Crippen LogP contribution in [0.3, 0.4) is 0 Å². The van der Waals surface area contributed by atoms with Crippen LogP contribution >= 0.6 is 0 Å². The minimum atomic E-state index is 0.0719. The van der Waals surface area contributed by atoms with Crippen LogP contribution in [0.2, 0.25) is 0 Å². The molecule has 1 aliphatic heterocycles. The Morgan fingerprint density at radius 3 is 2.67 bits per heavy atom. The van der Waals surface area contributed by atoms with E-state index in [1.165, 1.54) is 5.56 Å². The molecule has 0 bridgehead atoms. The molecule has 7 nitrogen and oxygen atoms in total. The van der Waals surface area contributed by atoms with E-state index < -0.39 is 0 Å². The summed E-state index contributed by atoms with van der Waals surface area (Å²) in [6, 6.07) is 13.9. The van der Waals surface area contributed by atoms with Gasteiger partial charge in [-0.3, -0.25) is 9.79 Å². The zero-order chi connectivity index (χ0) is 21.2. The van der Waals surface area contributed by atoms with E-state index in [0.29, 0.717) is 26.1 Å². The topological polar surface area (TPSA) is 84.0 Å². The summed E-state index contributed by atoms with van der Waals surface area (Å²) in [5.41, 5.74) is 3.23. The highest BCUT2D eigenvalue weighted by molar-refractivity contribution is 5.94. The lowest BCUT2D eigenvalue weighted by Gasteiger charge is -2.18. The van der Waals surface area contributed by atoms with Gasteiger partial charge in [0.15, 0.2) is 5.96 Å². The van der Waals surface area contributed by atoms with Gasteiger partial charge in [0.05, 0.1) is 13.7 Å². The third-order valence-corrected chi connectivity index (χ3v) is 4.81. The fraction of sp³-hybridized carbons (Fsp3) is 0.391. The molecule has 160 valence electrons. The number of carbonyl (C=O) groups is 1. The zero-order valence-corrected chi connectivity index (χ0v) is 17.7. The van der Waals surface area contributed by atoms with Crippen molar-refractivity contribution in [1.82, 2.24) is 10.6 Å². The molecular formula is C23H30N4O3. The van der Waals surface area contributed by atoms with Crippen LogP contribution in [-0.4, -0.2) is 45.2 Å². The van der Waals surface area contributed by atoms with Crippen molar-refractivity contribution in [3.63, 3.8) is 0 Å². The number of nitrogens with one attached hydrogen (secondary N) is 3. The Hall–Kier alpha value is -3.22. The minimum absolute atomic E-state index is 0.0719. The minimum Gasteiger partial charge on any atom is -0.497 e. The summed E-state index contributed by atoms with van der Waals surface area (Å²) >= 11 is 0. The van der Waals surface area contributed by atoms with Crippen LogP contribution in [0.5, 0.6) is 11.5 Å². The lowest BCUT2D eigenvalue weighted by atomic mass is 10.0. The quantitative estimate of drug-likeness (QED) is 0.336. The molecule has 0 unspecified atom stereocenters. The number of amides is 1. The molecule has 1 amide bonds. The summed E-state index contributed by atoms with van der Waals surface area (Å²) in [5, 5.41) is 9.44. The number of aliphatic imine (C=N–C) groups is 1. The summed E-state index contributed by atoms with van der Waals surface area (Å²) in [4.78, 5) is 16.1. The van der Waals surface area contributed by atoms with Crippen LogP contribution in [0.25, 0.3) is 0 Å². The van der Waals surface area contributed by atoms with Gasteiger partial charge in [-0.2, -0.15) is 0 Å². The van der Waals surface area contributed by atoms with Gasteiger partial charge in [-0.25, -0.2) is 0 Å². The van der Waals surface area contributed by atoms with E-state index in [2.05, 4.69) is 33.1 Å². The first-order valence-corrected chi connectivity index (χ1v) is 10.4. The van der Waals surface area contributed by atoms with Gasteiger partial charge in [-0.05, 0) is 61.2 Å². The van der Waals surface area contributed by atoms with Crippen molar-refractivity contribution in [1.29, 1.82) is 0 Å². The van der Waals surface area contributed by atoms with E-state index in [0.717, 1.165) is 48.1 Å². The lowest BCUT2D eigenvalue weighted by molar-refractivity contribution is -0.116. The van der Waals surface area contributed by atoms with Gasteiger partial charge in [0.1, 0.15) is 18.1 Å². The predicted octanol–water partition coefficient (Wildman–Crippen LogP) is 2.76. The van der Waals surface area contributed by atoms with Crippen LogP contribution in [0, 0.1) is 0 Å². The SMILES string of the molecule is CCNC(=NCCc1ccc(OC)cc1)NCCOc1ccc2c(c1)CCC(=O)N2. The van der Waals surface area contributed by atoms with Crippen molar-refractivity contribution in [2.45, 2.75) is 26.2 Å². The molecule has 3 N–H and O–H groups in total. The number of anilines is 1. The molecule has 2 aromatic rings. The van der Waals surface area contributed by atoms with Gasteiger partial charge in [0.25, 0.3) is 0 Å². The number of benzene rings is 2. The number of hydrogen-bond acceptors (Lipinski definition) is 4. The maximum atomic E-state index is 11.4. The molecule has 2 aromatic carbocycles. The fourth-order valence-electron chi connectivity index (χ4n) is 3.22. The predicted molar refractivity (Wildman–Crippen MR) is 120 cm³/mol. The second-order valence-corrected chi connectivity index (χ2v) is 7.00. The first kappa shape index (κ1) is 21.5. The van der Waals surface area contributed by atoms with E-state index in [1.807, 2.05) is 37.3 Å². The number of methoxy groups -OCH3 is 1. The molecule has 0 spiro atoms. The number of nitrogens with zero attached hydrogens (tertiary/aromatic N) is 1. The standard InChI is InChI=1S/C23H30N4O3/c1-3-24-23(25-13-12-17-4-7-19(29-2)8-5-17)26-14-15-30-20-9-10-21-18(16-20)6-11-22(28)27-21/h4-5,7-10,16H,3,6,11-15H2,1-2H3,(H,27,28)(H2,24,25,26). The van der Waals surface area contributed by atoms with E-state index in [9.17, 15) is 4.79 Å². The molecule has 7 heteroatoms. The van der Waals surface area contributed by atoms with E-state index in [4.69, 9.17) is 9.47 Å². The van der Waals surface area contributed by atoms with Gasteiger partial charge >= 0.3 is 0 Å². The maximum Gasteiger partial charge on any atom is 0.224 e. The molecule has 1 heterocycles. The molecule has 1 aliphatic rings. The van der Waals surface area contributed by atoms with Crippen molar-refractivity contribution < 1.29 is 14.3 Å². The summed E-state index contributed by atoms with van der Waals surface area (Å²) in [7, 11) is 1.67. The normalized spacial score (nSPS) is 13.3. The van der Waals surface area contributed by atoms with Crippen molar-refractivity contribution in [3.8, 4) is 11.5 Å². The molecule has 0 saturated carbocycles. The summed E-state index contributed by atoms with van der Waals surface area (Å²) < 4.78 is 11.0. The molecule has 0 atom stereocenters. The van der Waals surface area contributed by atoms with Crippen LogP contribution in [0.1, 0.15) is 24.5 Å². The van der Waals surface area contributed by atoms with Crippen LogP contribution in [0.4, 0.5) is 5.69 Å². The number of guanidine groups is 1. The Bertz CT molecular complexity index is 865. The average molecular weight is 411 g/mol. The van der Waals surface area contributed by atoms with E-state index in [-0.39, 0.29) is 5.91 Å². The highest BCUT2D eigenvalue weighted by Crippen LogP contribution is 2.26. The smallest absolute Gasteiger partial charge is 0.224 e. The molecular weight excluding hydrogens is 380 g/mol. The number of hydrogen-bond donors (Lipinski definition) is 3. The lowest BCUT2D eigenvalue weighted by Crippen LogP contribution is -2.39. The fourth-order valence-corrected chi connectivity index (χ4v) is 3.22. The summed E-state index contributed by atoms with van der Waals surface area (Å²) in [6.45, 7) is 4.70. The molecule has 0 aliphatic carbocycles. The van der Waals surface area contributed by atoms with E-state index >= 15 is 0 Å². The molecule has 0 radical (unpaired) electrons. The third-order valence-electron chi connectivity index (χ3n) is 4.81. The van der Waals surface area contributed by atoms with Gasteiger partial charge in [-0.1, -0.05) is 12.1 Å². The molecule has 0 saturated heterocycles. The number of aryl methyl sites for hydroxylation is 1. The molecule has 3 rings (SSSR count). The molecule has 30 heavy (non-hydrogen) atoms. The highest BCUT2D eigenvalue weighted by atomic mass is 16.5. The first-order valence-electron chi connectivity index (χ1n) is 10.4. The zero-order valence-electron chi connectivity index (χ0n) is 17.7. The Morgan fingerprint density at radius 2 is 1.90 bits per heavy atom. The Morgan fingerprint density at radius 1 is 1.10 bits per heavy atom. The molecule has 0 aromatic heterocycles. The van der Waals surface area contributed by atoms with Gasteiger partial charge < -0.3 is 25.4 Å². The van der Waals surface area contributed by atoms with Crippen molar-refractivity contribution in [3.05, 3.63) is 53.6 Å². The Balaban J connectivity index is 1.42. The number of carbonyl (C=O) groups excluding carboxylic acids is 1. The van der Waals surface area contributed by atoms with Crippen molar-refractivity contribution in [2.75, 3.05) is 38.7 Å². The summed E-state index contributed by atoms with van der Waals surface area (Å²) in [5.74, 6) is 2.53. The van der Waals surface area contributed by atoms with Crippen molar-refractivity contribution >= 4 is 17.6 Å². The van der Waals surface area contributed by atoms with Crippen LogP contribution in [-0.2, 0) is 17.6 Å². The monoisotopic (exact) mass is 410 g/mol. The second kappa shape index (κ2) is 11.1. The second-order valence-electron chi connectivity index (χ2n) is 7.00. The van der Waals surface area contributed by atoms with Crippen LogP contribution < -0.4 is 25.4 Å². The van der Waals surface area contributed by atoms with Crippen molar-refractivity contribution in [2.24, 2.45) is 4.99 Å².